The van der Waals surface area contributed by atoms with Gasteiger partial charge in [0.05, 0.1) is 0 Å². The highest BCUT2D eigenvalue weighted by Gasteiger charge is 2.01. The van der Waals surface area contributed by atoms with E-state index in [-0.39, 0.29) is 0 Å². The minimum absolute atomic E-state index is 0.833. The van der Waals surface area contributed by atoms with E-state index in [9.17, 15) is 0 Å². The Morgan fingerprint density at radius 3 is 2.68 bits per heavy atom. The summed E-state index contributed by atoms with van der Waals surface area (Å²) in [6.07, 6.45) is 9.62. The molecule has 2 aromatic rings. The average molecular weight is 274 g/mol. The fourth-order valence-electron chi connectivity index (χ4n) is 2.36. The van der Waals surface area contributed by atoms with Gasteiger partial charge in [0.15, 0.2) is 0 Å². The minimum Gasteiger partial charge on any atom is -0.264 e. The van der Waals surface area contributed by atoms with Gasteiger partial charge in [-0.3, -0.25) is 4.98 Å². The van der Waals surface area contributed by atoms with E-state index in [1.807, 2.05) is 24.5 Å². The van der Waals surface area contributed by atoms with Crippen LogP contribution in [-0.2, 0) is 19.3 Å². The van der Waals surface area contributed by atoms with Crippen LogP contribution in [0.4, 0.5) is 0 Å². The van der Waals surface area contributed by atoms with E-state index in [1.54, 1.807) is 0 Å². The molecule has 0 saturated carbocycles. The molecule has 0 amide bonds. The van der Waals surface area contributed by atoms with Crippen LogP contribution in [0, 0.1) is 0 Å². The molecule has 0 saturated heterocycles. The molecule has 0 aliphatic heterocycles. The highest BCUT2D eigenvalue weighted by Crippen LogP contribution is 2.15. The van der Waals surface area contributed by atoms with Crippen LogP contribution >= 0.6 is 11.6 Å². The van der Waals surface area contributed by atoms with Crippen molar-refractivity contribution in [3.05, 3.63) is 64.4 Å². The van der Waals surface area contributed by atoms with E-state index < -0.39 is 0 Å². The number of unbranched alkanes of at least 4 members (excludes halogenated alkanes) is 1. The first-order chi connectivity index (χ1) is 9.29. The normalized spacial score (nSPS) is 10.6. The SMILES string of the molecule is CCc1cnccc1CCCCc1cccc(Cl)c1. The first-order valence-electron chi connectivity index (χ1n) is 6.96. The van der Waals surface area contributed by atoms with E-state index >= 15 is 0 Å². The summed E-state index contributed by atoms with van der Waals surface area (Å²) in [6.45, 7) is 2.19. The van der Waals surface area contributed by atoms with E-state index in [1.165, 1.54) is 29.5 Å². The van der Waals surface area contributed by atoms with Gasteiger partial charge in [-0.2, -0.15) is 0 Å². The number of pyridine rings is 1. The lowest BCUT2D eigenvalue weighted by Crippen LogP contribution is -1.95. The number of hydrogen-bond donors (Lipinski definition) is 0. The smallest absolute Gasteiger partial charge is 0.0408 e. The second-order valence-corrected chi connectivity index (χ2v) is 5.27. The summed E-state index contributed by atoms with van der Waals surface area (Å²) in [5.41, 5.74) is 4.16. The summed E-state index contributed by atoms with van der Waals surface area (Å²) in [5, 5.41) is 0.833. The fraction of sp³-hybridized carbons (Fsp3) is 0.353. The van der Waals surface area contributed by atoms with Gasteiger partial charge in [-0.1, -0.05) is 30.7 Å². The molecule has 0 unspecified atom stereocenters. The number of halogens is 1. The van der Waals surface area contributed by atoms with E-state index in [2.05, 4.69) is 30.1 Å². The van der Waals surface area contributed by atoms with Crippen LogP contribution < -0.4 is 0 Å². The van der Waals surface area contributed by atoms with Gasteiger partial charge in [-0.25, -0.2) is 0 Å². The van der Waals surface area contributed by atoms with Crippen LogP contribution in [0.3, 0.4) is 0 Å². The molecule has 1 heterocycles. The molecule has 1 aromatic carbocycles. The molecule has 0 aliphatic rings. The second kappa shape index (κ2) is 7.30. The van der Waals surface area contributed by atoms with Crippen molar-refractivity contribution in [2.24, 2.45) is 0 Å². The number of nitrogens with zero attached hydrogens (tertiary/aromatic N) is 1. The van der Waals surface area contributed by atoms with Crippen molar-refractivity contribution in [2.45, 2.75) is 39.0 Å². The maximum atomic E-state index is 5.99. The number of rotatable bonds is 6. The van der Waals surface area contributed by atoms with E-state index in [0.717, 1.165) is 24.3 Å². The molecule has 0 radical (unpaired) electrons. The third-order valence-electron chi connectivity index (χ3n) is 3.44. The second-order valence-electron chi connectivity index (χ2n) is 4.83. The summed E-state index contributed by atoms with van der Waals surface area (Å²) in [7, 11) is 0. The zero-order valence-electron chi connectivity index (χ0n) is 11.4. The van der Waals surface area contributed by atoms with E-state index in [4.69, 9.17) is 11.6 Å². The molecular weight excluding hydrogens is 254 g/mol. The standard InChI is InChI=1S/C17H20ClN/c1-2-15-13-19-11-10-16(15)8-4-3-6-14-7-5-9-17(18)12-14/h5,7,9-13H,2-4,6,8H2,1H3. The molecule has 0 aliphatic carbocycles. The number of benzene rings is 1. The van der Waals surface area contributed by atoms with Gasteiger partial charge in [0.25, 0.3) is 0 Å². The fourth-order valence-corrected chi connectivity index (χ4v) is 2.57. The summed E-state index contributed by atoms with van der Waals surface area (Å²) in [5.74, 6) is 0. The Bertz CT molecular complexity index is 522. The van der Waals surface area contributed by atoms with E-state index in [0.29, 0.717) is 0 Å². The molecule has 0 bridgehead atoms. The van der Waals surface area contributed by atoms with Crippen LogP contribution in [0.25, 0.3) is 0 Å². The monoisotopic (exact) mass is 273 g/mol. The van der Waals surface area contributed by atoms with Crippen molar-refractivity contribution in [1.82, 2.24) is 4.98 Å². The largest absolute Gasteiger partial charge is 0.264 e. The third-order valence-corrected chi connectivity index (χ3v) is 3.67. The molecule has 100 valence electrons. The molecule has 19 heavy (non-hydrogen) atoms. The summed E-state index contributed by atoms with van der Waals surface area (Å²) in [6, 6.07) is 10.3. The summed E-state index contributed by atoms with van der Waals surface area (Å²) < 4.78 is 0. The zero-order valence-corrected chi connectivity index (χ0v) is 12.2. The molecule has 0 atom stereocenters. The van der Waals surface area contributed by atoms with Crippen LogP contribution in [0.2, 0.25) is 5.02 Å². The molecule has 0 fully saturated rings. The number of aryl methyl sites for hydroxylation is 3. The van der Waals surface area contributed by atoms with Gasteiger partial charge >= 0.3 is 0 Å². The zero-order chi connectivity index (χ0) is 13.5. The van der Waals surface area contributed by atoms with Gasteiger partial charge in [-0.05, 0) is 67.0 Å². The summed E-state index contributed by atoms with van der Waals surface area (Å²) in [4.78, 5) is 4.19. The van der Waals surface area contributed by atoms with Crippen molar-refractivity contribution in [2.75, 3.05) is 0 Å². The Kier molecular flexibility index (Phi) is 5.41. The Morgan fingerprint density at radius 1 is 1.05 bits per heavy atom. The lowest BCUT2D eigenvalue weighted by atomic mass is 10.0. The Hall–Kier alpha value is -1.34. The first-order valence-corrected chi connectivity index (χ1v) is 7.33. The summed E-state index contributed by atoms with van der Waals surface area (Å²) >= 11 is 5.99. The highest BCUT2D eigenvalue weighted by molar-refractivity contribution is 6.30. The predicted molar refractivity (Wildman–Crippen MR) is 81.7 cm³/mol. The van der Waals surface area contributed by atoms with Crippen molar-refractivity contribution in [3.8, 4) is 0 Å². The van der Waals surface area contributed by atoms with Gasteiger partial charge in [0, 0.05) is 17.4 Å². The van der Waals surface area contributed by atoms with Crippen LogP contribution in [-0.4, -0.2) is 4.98 Å². The molecule has 2 heteroatoms. The molecule has 2 rings (SSSR count). The van der Waals surface area contributed by atoms with Gasteiger partial charge < -0.3 is 0 Å². The van der Waals surface area contributed by atoms with Crippen LogP contribution in [0.15, 0.2) is 42.7 Å². The van der Waals surface area contributed by atoms with Gasteiger partial charge in [-0.15, -0.1) is 0 Å². The number of aromatic nitrogens is 1. The van der Waals surface area contributed by atoms with Crippen LogP contribution in [0.1, 0.15) is 36.5 Å². The highest BCUT2D eigenvalue weighted by atomic mass is 35.5. The lowest BCUT2D eigenvalue weighted by Gasteiger charge is -2.07. The molecule has 0 N–H and O–H groups in total. The van der Waals surface area contributed by atoms with Crippen molar-refractivity contribution in [1.29, 1.82) is 0 Å². The van der Waals surface area contributed by atoms with Gasteiger partial charge in [0.1, 0.15) is 0 Å². The molecule has 1 aromatic heterocycles. The molecule has 1 nitrogen and oxygen atoms in total. The van der Waals surface area contributed by atoms with Crippen molar-refractivity contribution in [3.63, 3.8) is 0 Å². The third kappa shape index (κ3) is 4.36. The van der Waals surface area contributed by atoms with Crippen LogP contribution in [0.5, 0.6) is 0 Å². The first kappa shape index (κ1) is 14.1. The quantitative estimate of drug-likeness (QED) is 0.685. The minimum atomic E-state index is 0.833. The maximum Gasteiger partial charge on any atom is 0.0408 e. The lowest BCUT2D eigenvalue weighted by molar-refractivity contribution is 0.729. The maximum absolute atomic E-state index is 5.99. The Morgan fingerprint density at radius 2 is 1.89 bits per heavy atom. The van der Waals surface area contributed by atoms with Crippen molar-refractivity contribution >= 4 is 11.6 Å². The Labute approximate surface area is 120 Å². The number of hydrogen-bond acceptors (Lipinski definition) is 1. The van der Waals surface area contributed by atoms with Gasteiger partial charge in [0.2, 0.25) is 0 Å². The van der Waals surface area contributed by atoms with Crippen molar-refractivity contribution < 1.29 is 0 Å². The topological polar surface area (TPSA) is 12.9 Å². The predicted octanol–water partition coefficient (Wildman–Crippen LogP) is 4.86. The average Bonchev–Trinajstić information content (AvgIpc) is 2.44. The Balaban J connectivity index is 1.81. The molecule has 0 spiro atoms. The molecular formula is C17H20ClN.